The predicted octanol–water partition coefficient (Wildman–Crippen LogP) is 1.44. The van der Waals surface area contributed by atoms with Crippen molar-refractivity contribution in [1.82, 2.24) is 14.7 Å². The number of nitrogens with zero attached hydrogens (tertiary/aromatic N) is 3. The molecule has 3 rings (SSSR count). The van der Waals surface area contributed by atoms with Gasteiger partial charge in [-0.3, -0.25) is 14.4 Å². The van der Waals surface area contributed by atoms with Gasteiger partial charge in [0.2, 0.25) is 11.8 Å². The highest BCUT2D eigenvalue weighted by Gasteiger charge is 2.33. The quantitative estimate of drug-likeness (QED) is 0.799. The van der Waals surface area contributed by atoms with Gasteiger partial charge in [0.25, 0.3) is 5.91 Å². The molecule has 1 atom stereocenters. The van der Waals surface area contributed by atoms with Crippen LogP contribution in [0.5, 0.6) is 0 Å². The summed E-state index contributed by atoms with van der Waals surface area (Å²) in [5.41, 5.74) is 0.589. The topological polar surface area (TPSA) is 74.1 Å². The zero-order valence-corrected chi connectivity index (χ0v) is 15.8. The fourth-order valence-electron chi connectivity index (χ4n) is 3.88. The Morgan fingerprint density at radius 3 is 2.23 bits per heavy atom. The van der Waals surface area contributed by atoms with Gasteiger partial charge in [-0.1, -0.05) is 0 Å². The fourth-order valence-corrected chi connectivity index (χ4v) is 3.88. The Labute approximate surface area is 153 Å². The van der Waals surface area contributed by atoms with Crippen molar-refractivity contribution in [1.29, 1.82) is 0 Å². The Morgan fingerprint density at radius 2 is 1.65 bits per heavy atom. The average Bonchev–Trinajstić information content (AvgIpc) is 2.98. The number of carbonyl (C=O) groups excluding carboxylic acids is 3. The second-order valence-electron chi connectivity index (χ2n) is 7.25. The van der Waals surface area contributed by atoms with E-state index in [2.05, 4.69) is 0 Å². The molecule has 3 heterocycles. The van der Waals surface area contributed by atoms with Crippen LogP contribution in [-0.2, 0) is 9.59 Å². The molecule has 0 N–H and O–H groups in total. The Balaban J connectivity index is 1.61. The van der Waals surface area contributed by atoms with Crippen LogP contribution >= 0.6 is 0 Å². The third kappa shape index (κ3) is 3.76. The lowest BCUT2D eigenvalue weighted by Gasteiger charge is -2.38. The van der Waals surface area contributed by atoms with Crippen molar-refractivity contribution in [3.63, 3.8) is 0 Å². The second-order valence-corrected chi connectivity index (χ2v) is 7.25. The smallest absolute Gasteiger partial charge is 0.257 e. The third-order valence-corrected chi connectivity index (χ3v) is 5.37. The van der Waals surface area contributed by atoms with Gasteiger partial charge >= 0.3 is 0 Å². The van der Waals surface area contributed by atoms with Crippen LogP contribution in [0.4, 0.5) is 0 Å². The highest BCUT2D eigenvalue weighted by atomic mass is 16.3. The van der Waals surface area contributed by atoms with Crippen molar-refractivity contribution in [3.8, 4) is 0 Å². The molecule has 26 heavy (non-hydrogen) atoms. The van der Waals surface area contributed by atoms with Crippen LogP contribution in [0.15, 0.2) is 10.5 Å². The van der Waals surface area contributed by atoms with E-state index in [1.807, 2.05) is 11.8 Å². The maximum Gasteiger partial charge on any atom is 0.257 e. The lowest BCUT2D eigenvalue weighted by atomic mass is 9.95. The van der Waals surface area contributed by atoms with Crippen LogP contribution < -0.4 is 0 Å². The number of likely N-dealkylation sites (tertiary alicyclic amines) is 1. The maximum absolute atomic E-state index is 12.9. The first-order valence-corrected chi connectivity index (χ1v) is 9.27. The molecule has 2 saturated heterocycles. The van der Waals surface area contributed by atoms with Crippen molar-refractivity contribution >= 4 is 17.7 Å². The molecule has 7 heteroatoms. The summed E-state index contributed by atoms with van der Waals surface area (Å²) in [5.74, 6) is 1.28. The summed E-state index contributed by atoms with van der Waals surface area (Å²) in [5, 5.41) is 0. The second kappa shape index (κ2) is 7.51. The van der Waals surface area contributed by atoms with Gasteiger partial charge in [-0.15, -0.1) is 0 Å². The summed E-state index contributed by atoms with van der Waals surface area (Å²) in [6.45, 7) is 8.62. The van der Waals surface area contributed by atoms with Crippen molar-refractivity contribution < 1.29 is 18.8 Å². The highest BCUT2D eigenvalue weighted by molar-refractivity contribution is 5.95. The molecule has 0 spiro atoms. The predicted molar refractivity (Wildman–Crippen MR) is 95.6 cm³/mol. The molecule has 0 aromatic carbocycles. The molecule has 142 valence electrons. The van der Waals surface area contributed by atoms with Crippen LogP contribution in [0.2, 0.25) is 0 Å². The molecule has 2 fully saturated rings. The number of aryl methyl sites for hydroxylation is 2. The third-order valence-electron chi connectivity index (χ3n) is 5.37. The van der Waals surface area contributed by atoms with Crippen molar-refractivity contribution in [3.05, 3.63) is 23.2 Å². The maximum atomic E-state index is 12.9. The van der Waals surface area contributed by atoms with E-state index in [-0.39, 0.29) is 23.6 Å². The number of piperidine rings is 1. The Bertz CT molecular complexity index is 704. The summed E-state index contributed by atoms with van der Waals surface area (Å²) in [6, 6.07) is 1.77. The minimum atomic E-state index is -0.162. The number of carbonyl (C=O) groups is 3. The monoisotopic (exact) mass is 361 g/mol. The molecule has 1 unspecified atom stereocenters. The highest BCUT2D eigenvalue weighted by Crippen LogP contribution is 2.23. The van der Waals surface area contributed by atoms with Crippen molar-refractivity contribution in [2.45, 2.75) is 33.6 Å². The molecular formula is C19H27N3O4. The molecule has 3 amide bonds. The number of hydrogen-bond acceptors (Lipinski definition) is 4. The van der Waals surface area contributed by atoms with E-state index in [4.69, 9.17) is 4.42 Å². The van der Waals surface area contributed by atoms with Gasteiger partial charge in [0.05, 0.1) is 11.5 Å². The molecular weight excluding hydrogens is 334 g/mol. The Hall–Kier alpha value is -2.31. The van der Waals surface area contributed by atoms with Gasteiger partial charge in [-0.25, -0.2) is 0 Å². The lowest BCUT2D eigenvalue weighted by Crippen LogP contribution is -2.53. The molecule has 7 nitrogen and oxygen atoms in total. The van der Waals surface area contributed by atoms with E-state index < -0.39 is 0 Å². The summed E-state index contributed by atoms with van der Waals surface area (Å²) in [4.78, 5) is 42.5. The summed E-state index contributed by atoms with van der Waals surface area (Å²) < 4.78 is 5.47. The van der Waals surface area contributed by atoms with Crippen LogP contribution in [0.1, 0.15) is 41.6 Å². The summed E-state index contributed by atoms with van der Waals surface area (Å²) >= 11 is 0. The van der Waals surface area contributed by atoms with Crippen LogP contribution in [0, 0.1) is 19.8 Å². The lowest BCUT2D eigenvalue weighted by molar-refractivity contribution is -0.142. The van der Waals surface area contributed by atoms with Gasteiger partial charge in [0.1, 0.15) is 11.5 Å². The van der Waals surface area contributed by atoms with Crippen molar-refractivity contribution in [2.24, 2.45) is 5.92 Å². The van der Waals surface area contributed by atoms with E-state index in [0.29, 0.717) is 50.6 Å². The Kier molecular flexibility index (Phi) is 5.34. The van der Waals surface area contributed by atoms with Gasteiger partial charge in [0, 0.05) is 46.2 Å². The zero-order chi connectivity index (χ0) is 18.8. The number of furan rings is 1. The molecule has 0 bridgehead atoms. The molecule has 1 aromatic rings. The first kappa shape index (κ1) is 18.5. The van der Waals surface area contributed by atoms with E-state index in [0.717, 1.165) is 18.6 Å². The molecule has 2 aliphatic heterocycles. The standard InChI is InChI=1S/C19H27N3O4/c1-13-11-17(14(2)26-13)19(25)22-6-4-5-16(12-22)18(24)21-9-7-20(8-10-21)15(3)23/h11,16H,4-10,12H2,1-3H3. The Morgan fingerprint density at radius 1 is 1.00 bits per heavy atom. The number of piperazine rings is 1. The van der Waals surface area contributed by atoms with E-state index >= 15 is 0 Å². The normalized spacial score (nSPS) is 21.0. The van der Waals surface area contributed by atoms with Gasteiger partial charge in [-0.2, -0.15) is 0 Å². The first-order chi connectivity index (χ1) is 12.4. The van der Waals surface area contributed by atoms with E-state index in [1.54, 1.807) is 29.7 Å². The molecule has 0 aliphatic carbocycles. The summed E-state index contributed by atoms with van der Waals surface area (Å²) in [7, 11) is 0. The van der Waals surface area contributed by atoms with Crippen LogP contribution in [0.3, 0.4) is 0 Å². The fraction of sp³-hybridized carbons (Fsp3) is 0.632. The minimum absolute atomic E-state index is 0.0531. The SMILES string of the molecule is CC(=O)N1CCN(C(=O)C2CCCN(C(=O)c3cc(C)oc3C)C2)CC1. The number of rotatable bonds is 2. The molecule has 0 saturated carbocycles. The molecule has 0 radical (unpaired) electrons. The van der Waals surface area contributed by atoms with Gasteiger partial charge < -0.3 is 19.1 Å². The van der Waals surface area contributed by atoms with Crippen LogP contribution in [0.25, 0.3) is 0 Å². The van der Waals surface area contributed by atoms with E-state index in [1.165, 1.54) is 0 Å². The van der Waals surface area contributed by atoms with Gasteiger partial charge in [0.15, 0.2) is 0 Å². The zero-order valence-electron chi connectivity index (χ0n) is 15.8. The molecule has 2 aliphatic rings. The van der Waals surface area contributed by atoms with Gasteiger partial charge in [-0.05, 0) is 32.8 Å². The average molecular weight is 361 g/mol. The van der Waals surface area contributed by atoms with E-state index in [9.17, 15) is 14.4 Å². The first-order valence-electron chi connectivity index (χ1n) is 9.27. The van der Waals surface area contributed by atoms with Crippen LogP contribution in [-0.4, -0.2) is 71.7 Å². The minimum Gasteiger partial charge on any atom is -0.466 e. The number of amides is 3. The van der Waals surface area contributed by atoms with Crippen molar-refractivity contribution in [2.75, 3.05) is 39.3 Å². The number of hydrogen-bond donors (Lipinski definition) is 0. The molecule has 1 aromatic heterocycles. The largest absolute Gasteiger partial charge is 0.466 e. The summed E-state index contributed by atoms with van der Waals surface area (Å²) in [6.07, 6.45) is 1.63.